The first-order chi connectivity index (χ1) is 9.52. The van der Waals surface area contributed by atoms with Gasteiger partial charge in [-0.15, -0.1) is 0 Å². The van der Waals surface area contributed by atoms with Crippen molar-refractivity contribution in [3.05, 3.63) is 23.9 Å². The second-order valence-electron chi connectivity index (χ2n) is 4.47. The fourth-order valence-corrected chi connectivity index (χ4v) is 1.80. The van der Waals surface area contributed by atoms with Crippen molar-refractivity contribution in [1.29, 1.82) is 0 Å². The van der Waals surface area contributed by atoms with E-state index in [0.29, 0.717) is 18.4 Å². The van der Waals surface area contributed by atoms with Gasteiger partial charge in [-0.25, -0.2) is 14.2 Å². The van der Waals surface area contributed by atoms with Crippen LogP contribution in [0.1, 0.15) is 21.3 Å². The van der Waals surface area contributed by atoms with E-state index >= 15 is 0 Å². The minimum absolute atomic E-state index is 0. The topological polar surface area (TPSA) is 63.2 Å². The SMILES string of the molecule is O=C(NCc1ccnc(OC(F)F)c1)NC1CC(F)C1.[HH].[HH]. The third-order valence-electron chi connectivity index (χ3n) is 2.88. The second kappa shape index (κ2) is 6.44. The molecule has 8 heteroatoms. The molecule has 0 aliphatic heterocycles. The maximum atomic E-state index is 12.6. The third-order valence-corrected chi connectivity index (χ3v) is 2.88. The highest BCUT2D eigenvalue weighted by atomic mass is 19.3. The molecule has 1 aliphatic rings. The molecule has 5 nitrogen and oxygen atoms in total. The molecule has 0 saturated heterocycles. The second-order valence-corrected chi connectivity index (χ2v) is 4.47. The van der Waals surface area contributed by atoms with Crippen molar-refractivity contribution in [1.82, 2.24) is 15.6 Å². The van der Waals surface area contributed by atoms with Gasteiger partial charge in [-0.05, 0) is 24.5 Å². The quantitative estimate of drug-likeness (QED) is 0.876. The lowest BCUT2D eigenvalue weighted by molar-refractivity contribution is -0.0529. The van der Waals surface area contributed by atoms with Crippen molar-refractivity contribution in [3.8, 4) is 5.88 Å². The van der Waals surface area contributed by atoms with Crippen LogP contribution in [0.15, 0.2) is 18.3 Å². The Morgan fingerprint density at radius 3 is 2.95 bits per heavy atom. The van der Waals surface area contributed by atoms with Crippen LogP contribution in [0, 0.1) is 0 Å². The lowest BCUT2D eigenvalue weighted by Crippen LogP contribution is -2.48. The van der Waals surface area contributed by atoms with Crippen molar-refractivity contribution in [2.75, 3.05) is 0 Å². The van der Waals surface area contributed by atoms with Crippen molar-refractivity contribution in [3.63, 3.8) is 0 Å². The molecular formula is C12H18F3N3O2. The Labute approximate surface area is 116 Å². The molecule has 0 aromatic carbocycles. The van der Waals surface area contributed by atoms with E-state index in [0.717, 1.165) is 0 Å². The summed E-state index contributed by atoms with van der Waals surface area (Å²) in [4.78, 5) is 15.1. The maximum absolute atomic E-state index is 12.6. The standard InChI is InChI=1S/C12H14F3N3O2.2H2/c13-8-4-9(5-8)18-12(19)17-6-7-1-2-16-10(3-7)20-11(14)15;;/h1-3,8-9,11H,4-6H2,(H2,17,18,19);2*1H. The number of alkyl halides is 3. The number of urea groups is 1. The predicted molar refractivity (Wildman–Crippen MR) is 68.4 cm³/mol. The average Bonchev–Trinajstić information content (AvgIpc) is 2.34. The number of amides is 2. The Hall–Kier alpha value is -1.99. The molecule has 0 atom stereocenters. The van der Waals surface area contributed by atoms with Gasteiger partial charge in [-0.2, -0.15) is 8.78 Å². The number of nitrogens with one attached hydrogen (secondary N) is 2. The number of halogens is 3. The summed E-state index contributed by atoms with van der Waals surface area (Å²) < 4.78 is 40.7. The molecule has 2 amide bonds. The van der Waals surface area contributed by atoms with Gasteiger partial charge in [0.1, 0.15) is 6.17 Å². The number of nitrogens with zero attached hydrogens (tertiary/aromatic N) is 1. The van der Waals surface area contributed by atoms with E-state index < -0.39 is 18.8 Å². The van der Waals surface area contributed by atoms with Crippen LogP contribution in [0.4, 0.5) is 18.0 Å². The summed E-state index contributed by atoms with van der Waals surface area (Å²) in [5, 5.41) is 5.16. The lowest BCUT2D eigenvalue weighted by Gasteiger charge is -2.30. The molecule has 0 spiro atoms. The number of pyridine rings is 1. The van der Waals surface area contributed by atoms with E-state index in [9.17, 15) is 18.0 Å². The highest BCUT2D eigenvalue weighted by Crippen LogP contribution is 2.22. The lowest BCUT2D eigenvalue weighted by atomic mass is 9.91. The van der Waals surface area contributed by atoms with Crippen LogP contribution >= 0.6 is 0 Å². The molecule has 1 fully saturated rings. The monoisotopic (exact) mass is 293 g/mol. The van der Waals surface area contributed by atoms with Crippen LogP contribution < -0.4 is 15.4 Å². The van der Waals surface area contributed by atoms with Gasteiger partial charge in [-0.1, -0.05) is 0 Å². The van der Waals surface area contributed by atoms with Gasteiger partial charge in [0, 0.05) is 27.7 Å². The Kier molecular flexibility index (Phi) is 4.65. The minimum atomic E-state index is -2.94. The summed E-state index contributed by atoms with van der Waals surface area (Å²) >= 11 is 0. The summed E-state index contributed by atoms with van der Waals surface area (Å²) in [7, 11) is 0. The zero-order chi connectivity index (χ0) is 14.5. The van der Waals surface area contributed by atoms with E-state index in [1.54, 1.807) is 6.07 Å². The van der Waals surface area contributed by atoms with Crippen LogP contribution in [0.5, 0.6) is 5.88 Å². The average molecular weight is 293 g/mol. The van der Waals surface area contributed by atoms with E-state index in [-0.39, 0.29) is 21.3 Å². The Bertz CT molecular complexity index is 477. The van der Waals surface area contributed by atoms with Crippen LogP contribution in [0.25, 0.3) is 0 Å². The highest BCUT2D eigenvalue weighted by molar-refractivity contribution is 5.74. The molecule has 0 radical (unpaired) electrons. The first-order valence-electron chi connectivity index (χ1n) is 6.11. The molecule has 114 valence electrons. The molecule has 2 rings (SSSR count). The highest BCUT2D eigenvalue weighted by Gasteiger charge is 2.29. The number of rotatable bonds is 5. The Morgan fingerprint density at radius 1 is 1.55 bits per heavy atom. The number of carbonyl (C=O) groups is 1. The molecule has 0 bridgehead atoms. The normalized spacial score (nSPS) is 21.2. The van der Waals surface area contributed by atoms with Crippen molar-refractivity contribution < 1.29 is 25.6 Å². The van der Waals surface area contributed by atoms with Gasteiger partial charge >= 0.3 is 12.6 Å². The molecule has 20 heavy (non-hydrogen) atoms. The molecular weight excluding hydrogens is 275 g/mol. The molecule has 0 unspecified atom stereocenters. The Balaban J connectivity index is 0.00000220. The predicted octanol–water partition coefficient (Wildman–Crippen LogP) is 2.47. The number of ether oxygens (including phenoxy) is 1. The third kappa shape index (κ3) is 4.29. The van der Waals surface area contributed by atoms with Crippen LogP contribution in [-0.2, 0) is 6.54 Å². The molecule has 1 aromatic rings. The van der Waals surface area contributed by atoms with Gasteiger partial charge in [0.25, 0.3) is 0 Å². The van der Waals surface area contributed by atoms with Crippen LogP contribution in [0.2, 0.25) is 0 Å². The minimum Gasteiger partial charge on any atom is -0.417 e. The summed E-state index contributed by atoms with van der Waals surface area (Å²) in [5.74, 6) is -0.209. The zero-order valence-corrected chi connectivity index (χ0v) is 10.5. The number of aromatic nitrogens is 1. The number of hydrogen-bond donors (Lipinski definition) is 2. The molecule has 1 heterocycles. The summed E-state index contributed by atoms with van der Waals surface area (Å²) in [6, 6.07) is 2.32. The maximum Gasteiger partial charge on any atom is 0.388 e. The smallest absolute Gasteiger partial charge is 0.388 e. The number of hydrogen-bond acceptors (Lipinski definition) is 3. The van der Waals surface area contributed by atoms with Gasteiger partial charge in [-0.3, -0.25) is 0 Å². The van der Waals surface area contributed by atoms with Crippen LogP contribution in [-0.4, -0.2) is 29.8 Å². The van der Waals surface area contributed by atoms with Crippen molar-refractivity contribution in [2.45, 2.75) is 38.2 Å². The molecule has 1 aromatic heterocycles. The van der Waals surface area contributed by atoms with Gasteiger partial charge in [0.15, 0.2) is 0 Å². The van der Waals surface area contributed by atoms with Gasteiger partial charge in [0.05, 0.1) is 0 Å². The summed E-state index contributed by atoms with van der Waals surface area (Å²) in [5.41, 5.74) is 0.572. The van der Waals surface area contributed by atoms with Crippen LogP contribution in [0.3, 0.4) is 0 Å². The molecule has 2 N–H and O–H groups in total. The van der Waals surface area contributed by atoms with E-state index in [4.69, 9.17) is 0 Å². The fraction of sp³-hybridized carbons (Fsp3) is 0.500. The van der Waals surface area contributed by atoms with Crippen molar-refractivity contribution >= 4 is 6.03 Å². The fourth-order valence-electron chi connectivity index (χ4n) is 1.80. The van der Waals surface area contributed by atoms with Gasteiger partial charge < -0.3 is 15.4 Å². The van der Waals surface area contributed by atoms with E-state index in [1.165, 1.54) is 12.3 Å². The number of carbonyl (C=O) groups excluding carboxylic acids is 1. The largest absolute Gasteiger partial charge is 0.417 e. The molecule has 1 saturated carbocycles. The zero-order valence-electron chi connectivity index (χ0n) is 10.5. The van der Waals surface area contributed by atoms with E-state index in [2.05, 4.69) is 20.4 Å². The van der Waals surface area contributed by atoms with Crippen molar-refractivity contribution in [2.24, 2.45) is 0 Å². The van der Waals surface area contributed by atoms with Gasteiger partial charge in [0.2, 0.25) is 5.88 Å². The first-order valence-corrected chi connectivity index (χ1v) is 6.11. The first kappa shape index (κ1) is 14.4. The summed E-state index contributed by atoms with van der Waals surface area (Å²) in [6.07, 6.45) is 1.13. The summed E-state index contributed by atoms with van der Waals surface area (Å²) in [6.45, 7) is -2.80. The van der Waals surface area contributed by atoms with E-state index in [1.807, 2.05) is 0 Å². The Morgan fingerprint density at radius 2 is 2.30 bits per heavy atom. The molecule has 1 aliphatic carbocycles.